The lowest BCUT2D eigenvalue weighted by atomic mass is 9.92. The molecule has 0 amide bonds. The number of rotatable bonds is 6. The van der Waals surface area contributed by atoms with Crippen LogP contribution in [0.15, 0.2) is 12.1 Å². The Hall–Kier alpha value is -0.340. The lowest BCUT2D eigenvalue weighted by molar-refractivity contribution is 0.365. The van der Waals surface area contributed by atoms with Crippen molar-refractivity contribution in [1.82, 2.24) is 5.32 Å². The van der Waals surface area contributed by atoms with E-state index in [2.05, 4.69) is 24.4 Å². The summed E-state index contributed by atoms with van der Waals surface area (Å²) >= 11 is 2.04. The Balaban J connectivity index is 1.53. The van der Waals surface area contributed by atoms with Crippen molar-refractivity contribution in [3.63, 3.8) is 0 Å². The molecule has 1 N–H and O–H groups in total. The first-order valence-electron chi connectivity index (χ1n) is 7.66. The summed E-state index contributed by atoms with van der Waals surface area (Å²) in [6.07, 6.45) is 9.73. The van der Waals surface area contributed by atoms with Crippen molar-refractivity contribution in [2.45, 2.75) is 57.9 Å². The number of hydrogen-bond donors (Lipinski definition) is 1. The van der Waals surface area contributed by atoms with E-state index in [1.165, 1.54) is 51.5 Å². The number of hydrogen-bond acceptors (Lipinski definition) is 2. The maximum absolute atomic E-state index is 3.73. The van der Waals surface area contributed by atoms with Crippen molar-refractivity contribution in [3.8, 4) is 0 Å². The summed E-state index contributed by atoms with van der Waals surface area (Å²) < 4.78 is 0. The molecule has 2 aliphatic rings. The Morgan fingerprint density at radius 2 is 1.89 bits per heavy atom. The molecule has 1 aromatic heterocycles. The van der Waals surface area contributed by atoms with E-state index in [-0.39, 0.29) is 0 Å². The number of aryl methyl sites for hydroxylation is 1. The molecule has 0 aromatic carbocycles. The van der Waals surface area contributed by atoms with Crippen LogP contribution in [-0.4, -0.2) is 12.6 Å². The fourth-order valence-corrected chi connectivity index (χ4v) is 4.29. The Labute approximate surface area is 115 Å². The predicted molar refractivity (Wildman–Crippen MR) is 79.3 cm³/mol. The summed E-state index contributed by atoms with van der Waals surface area (Å²) in [5.41, 5.74) is 0. The van der Waals surface area contributed by atoms with E-state index in [0.717, 1.165) is 17.9 Å². The van der Waals surface area contributed by atoms with E-state index in [9.17, 15) is 0 Å². The molecule has 0 aliphatic heterocycles. The van der Waals surface area contributed by atoms with Gasteiger partial charge in [0.25, 0.3) is 0 Å². The van der Waals surface area contributed by atoms with Crippen molar-refractivity contribution in [1.29, 1.82) is 0 Å². The van der Waals surface area contributed by atoms with Crippen LogP contribution < -0.4 is 5.32 Å². The van der Waals surface area contributed by atoms with Crippen LogP contribution in [0.25, 0.3) is 0 Å². The molecule has 2 atom stereocenters. The fraction of sp³-hybridized carbons (Fsp3) is 0.750. The van der Waals surface area contributed by atoms with Gasteiger partial charge in [0.15, 0.2) is 0 Å². The zero-order valence-electron chi connectivity index (χ0n) is 11.5. The van der Waals surface area contributed by atoms with Gasteiger partial charge in [-0.1, -0.05) is 13.3 Å². The molecule has 0 bridgehead atoms. The van der Waals surface area contributed by atoms with E-state index in [0.29, 0.717) is 0 Å². The summed E-state index contributed by atoms with van der Waals surface area (Å²) in [4.78, 5) is 3.17. The van der Waals surface area contributed by atoms with Crippen LogP contribution in [0.1, 0.15) is 48.8 Å². The standard InChI is InChI=1S/C16H25NS/c1-2-15-8-9-16(18-15)10-12-4-3-5-13(12)11-17-14-6-7-14/h8-9,12-14,17H,2-7,10-11H2,1H3. The average molecular weight is 263 g/mol. The minimum absolute atomic E-state index is 0.875. The Morgan fingerprint density at radius 3 is 2.61 bits per heavy atom. The van der Waals surface area contributed by atoms with E-state index >= 15 is 0 Å². The second-order valence-corrected chi connectivity index (χ2v) is 7.31. The quantitative estimate of drug-likeness (QED) is 0.817. The van der Waals surface area contributed by atoms with Gasteiger partial charge in [-0.05, 0) is 69.0 Å². The second kappa shape index (κ2) is 5.75. The maximum Gasteiger partial charge on any atom is 0.00683 e. The highest BCUT2D eigenvalue weighted by atomic mass is 32.1. The first-order chi connectivity index (χ1) is 8.85. The lowest BCUT2D eigenvalue weighted by Gasteiger charge is -2.19. The van der Waals surface area contributed by atoms with E-state index in [1.54, 1.807) is 9.75 Å². The minimum atomic E-state index is 0.875. The highest BCUT2D eigenvalue weighted by Crippen LogP contribution is 2.36. The molecule has 1 heterocycles. The second-order valence-electron chi connectivity index (χ2n) is 6.06. The van der Waals surface area contributed by atoms with Gasteiger partial charge in [-0.3, -0.25) is 0 Å². The maximum atomic E-state index is 3.73. The molecule has 1 nitrogen and oxygen atoms in total. The average Bonchev–Trinajstić information content (AvgIpc) is 2.93. The van der Waals surface area contributed by atoms with Crippen molar-refractivity contribution in [2.24, 2.45) is 11.8 Å². The van der Waals surface area contributed by atoms with E-state index < -0.39 is 0 Å². The van der Waals surface area contributed by atoms with Crippen LogP contribution in [0.2, 0.25) is 0 Å². The van der Waals surface area contributed by atoms with Gasteiger partial charge in [0.05, 0.1) is 0 Å². The van der Waals surface area contributed by atoms with Crippen LogP contribution in [0, 0.1) is 11.8 Å². The SMILES string of the molecule is CCc1ccc(CC2CCCC2CNC2CC2)s1. The first-order valence-corrected chi connectivity index (χ1v) is 8.47. The summed E-state index contributed by atoms with van der Waals surface area (Å²) in [6.45, 7) is 3.54. The lowest BCUT2D eigenvalue weighted by Crippen LogP contribution is -2.27. The third-order valence-corrected chi connectivity index (χ3v) is 5.84. The van der Waals surface area contributed by atoms with Gasteiger partial charge in [-0.2, -0.15) is 0 Å². The summed E-state index contributed by atoms with van der Waals surface area (Å²) in [7, 11) is 0. The van der Waals surface area contributed by atoms with Crippen molar-refractivity contribution < 1.29 is 0 Å². The molecule has 2 heteroatoms. The van der Waals surface area contributed by atoms with Crippen molar-refractivity contribution in [2.75, 3.05) is 6.54 Å². The molecule has 2 fully saturated rings. The van der Waals surface area contributed by atoms with Gasteiger partial charge < -0.3 is 5.32 Å². The topological polar surface area (TPSA) is 12.0 Å². The number of nitrogens with one attached hydrogen (secondary N) is 1. The van der Waals surface area contributed by atoms with Crippen molar-refractivity contribution in [3.05, 3.63) is 21.9 Å². The number of thiophene rings is 1. The largest absolute Gasteiger partial charge is 0.314 e. The summed E-state index contributed by atoms with van der Waals surface area (Å²) in [6, 6.07) is 5.57. The molecule has 2 saturated carbocycles. The van der Waals surface area contributed by atoms with Crippen LogP contribution >= 0.6 is 11.3 Å². The normalized spacial score (nSPS) is 27.8. The molecule has 0 saturated heterocycles. The highest BCUT2D eigenvalue weighted by Gasteiger charge is 2.29. The Bertz CT molecular complexity index is 380. The Morgan fingerprint density at radius 1 is 1.11 bits per heavy atom. The van der Waals surface area contributed by atoms with Crippen LogP contribution in [0.5, 0.6) is 0 Å². The van der Waals surface area contributed by atoms with Gasteiger partial charge in [0, 0.05) is 15.8 Å². The molecule has 0 radical (unpaired) electrons. The molecule has 18 heavy (non-hydrogen) atoms. The molecule has 0 spiro atoms. The van der Waals surface area contributed by atoms with Gasteiger partial charge in [0.1, 0.15) is 0 Å². The molecular weight excluding hydrogens is 238 g/mol. The minimum Gasteiger partial charge on any atom is -0.314 e. The van der Waals surface area contributed by atoms with Gasteiger partial charge >= 0.3 is 0 Å². The first kappa shape index (κ1) is 12.7. The molecule has 2 unspecified atom stereocenters. The zero-order chi connectivity index (χ0) is 12.4. The van der Waals surface area contributed by atoms with Gasteiger partial charge in [0.2, 0.25) is 0 Å². The van der Waals surface area contributed by atoms with Crippen LogP contribution in [0.4, 0.5) is 0 Å². The smallest absolute Gasteiger partial charge is 0.00683 e. The molecule has 100 valence electrons. The van der Waals surface area contributed by atoms with Crippen LogP contribution in [0.3, 0.4) is 0 Å². The molecule has 1 aromatic rings. The third kappa shape index (κ3) is 3.16. The summed E-state index contributed by atoms with van der Waals surface area (Å²) in [5.74, 6) is 1.89. The van der Waals surface area contributed by atoms with Crippen molar-refractivity contribution >= 4 is 11.3 Å². The summed E-state index contributed by atoms with van der Waals surface area (Å²) in [5, 5.41) is 3.73. The Kier molecular flexibility index (Phi) is 4.05. The predicted octanol–water partition coefficient (Wildman–Crippen LogP) is 4.02. The van der Waals surface area contributed by atoms with Gasteiger partial charge in [-0.15, -0.1) is 11.3 Å². The van der Waals surface area contributed by atoms with Gasteiger partial charge in [-0.25, -0.2) is 0 Å². The highest BCUT2D eigenvalue weighted by molar-refractivity contribution is 7.11. The van der Waals surface area contributed by atoms with E-state index in [4.69, 9.17) is 0 Å². The van der Waals surface area contributed by atoms with Crippen LogP contribution in [-0.2, 0) is 12.8 Å². The van der Waals surface area contributed by atoms with E-state index in [1.807, 2.05) is 11.3 Å². The fourth-order valence-electron chi connectivity index (χ4n) is 3.24. The molecule has 2 aliphatic carbocycles. The molecular formula is C16H25NS. The molecule has 3 rings (SSSR count). The zero-order valence-corrected chi connectivity index (χ0v) is 12.3. The monoisotopic (exact) mass is 263 g/mol. The third-order valence-electron chi connectivity index (χ3n) is 4.59.